The van der Waals surface area contributed by atoms with Gasteiger partial charge in [-0.25, -0.2) is 4.79 Å². The molecule has 0 saturated carbocycles. The Bertz CT molecular complexity index is 1360. The Kier molecular flexibility index (Phi) is 7.48. The molecule has 176 valence electrons. The Hall–Kier alpha value is -4.51. The minimum Gasteiger partial charge on any atom is -0.461 e. The zero-order chi connectivity index (χ0) is 24.6. The lowest BCUT2D eigenvalue weighted by Crippen LogP contribution is -2.17. The minimum atomic E-state index is -0.701. The Labute approximate surface area is 204 Å². The van der Waals surface area contributed by atoms with Crippen LogP contribution < -0.4 is 5.43 Å². The molecular formula is C24H20N6O4S. The van der Waals surface area contributed by atoms with Crippen LogP contribution in [0.5, 0.6) is 0 Å². The number of thioether (sulfide) groups is 1. The normalized spacial score (nSPS) is 11.2. The van der Waals surface area contributed by atoms with Crippen molar-refractivity contribution >= 4 is 34.1 Å². The number of carbonyl (C=O) groups is 1. The van der Waals surface area contributed by atoms with Crippen LogP contribution in [0.2, 0.25) is 0 Å². The maximum atomic E-state index is 12.7. The Morgan fingerprint density at radius 2 is 1.69 bits per heavy atom. The first-order valence-electron chi connectivity index (χ1n) is 10.6. The summed E-state index contributed by atoms with van der Waals surface area (Å²) in [6, 6.07) is 25.0. The molecular weight excluding hydrogens is 468 g/mol. The predicted octanol–water partition coefficient (Wildman–Crippen LogP) is 4.92. The van der Waals surface area contributed by atoms with Gasteiger partial charge in [-0.1, -0.05) is 60.7 Å². The minimum absolute atomic E-state index is 0.0887. The van der Waals surface area contributed by atoms with Crippen LogP contribution in [0.1, 0.15) is 6.92 Å². The van der Waals surface area contributed by atoms with Crippen LogP contribution in [0.15, 0.2) is 95.2 Å². The van der Waals surface area contributed by atoms with Crippen molar-refractivity contribution in [3.63, 3.8) is 0 Å². The van der Waals surface area contributed by atoms with E-state index in [1.165, 1.54) is 12.1 Å². The first-order chi connectivity index (χ1) is 17.1. The average molecular weight is 489 g/mol. The van der Waals surface area contributed by atoms with Crippen molar-refractivity contribution in [3.8, 4) is 17.1 Å². The zero-order valence-electron chi connectivity index (χ0n) is 18.6. The summed E-state index contributed by atoms with van der Waals surface area (Å²) >= 11 is 0.940. The third-order valence-corrected chi connectivity index (χ3v) is 5.59. The van der Waals surface area contributed by atoms with Crippen molar-refractivity contribution in [2.75, 3.05) is 12.0 Å². The number of ether oxygens (including phenoxy) is 1. The summed E-state index contributed by atoms with van der Waals surface area (Å²) in [5.41, 5.74) is 4.20. The third-order valence-electron chi connectivity index (χ3n) is 4.70. The topological polar surface area (TPSA) is 125 Å². The highest BCUT2D eigenvalue weighted by molar-refractivity contribution is 8.15. The lowest BCUT2D eigenvalue weighted by molar-refractivity contribution is -0.384. The van der Waals surface area contributed by atoms with Gasteiger partial charge in [-0.05, 0) is 36.9 Å². The molecule has 4 aromatic rings. The standard InChI is InChI=1S/C24H20N6O4S/c1-2-34-23(31)22(27-25-19-15-9-10-16-20(19)30(32)33)35-24-28-26-21(17-11-5-3-6-12-17)29(24)18-13-7-4-8-14-18/h3-16,25H,2H2,1H3/b27-22-. The number of aromatic nitrogens is 3. The molecule has 0 radical (unpaired) electrons. The first-order valence-corrected chi connectivity index (χ1v) is 11.4. The maximum absolute atomic E-state index is 12.7. The summed E-state index contributed by atoms with van der Waals surface area (Å²) in [4.78, 5) is 23.5. The second-order valence-corrected chi connectivity index (χ2v) is 7.92. The molecule has 1 heterocycles. The number of nitrogens with zero attached hydrogens (tertiary/aromatic N) is 5. The molecule has 0 atom stereocenters. The van der Waals surface area contributed by atoms with E-state index < -0.39 is 10.9 Å². The molecule has 0 unspecified atom stereocenters. The number of rotatable bonds is 7. The number of esters is 1. The van der Waals surface area contributed by atoms with Crippen LogP contribution in [-0.2, 0) is 9.53 Å². The number of hydrogen-bond donors (Lipinski definition) is 1. The van der Waals surface area contributed by atoms with Crippen LogP contribution in [-0.4, -0.2) is 37.3 Å². The maximum Gasteiger partial charge on any atom is 0.365 e. The summed E-state index contributed by atoms with van der Waals surface area (Å²) in [6.07, 6.45) is 0. The van der Waals surface area contributed by atoms with E-state index in [1.807, 2.05) is 60.7 Å². The highest BCUT2D eigenvalue weighted by Gasteiger charge is 2.23. The van der Waals surface area contributed by atoms with Crippen LogP contribution >= 0.6 is 11.8 Å². The second-order valence-electron chi connectivity index (χ2n) is 6.97. The monoisotopic (exact) mass is 488 g/mol. The summed E-state index contributed by atoms with van der Waals surface area (Å²) in [7, 11) is 0. The van der Waals surface area contributed by atoms with Crippen molar-refractivity contribution in [2.45, 2.75) is 12.1 Å². The predicted molar refractivity (Wildman–Crippen MR) is 133 cm³/mol. The molecule has 0 amide bonds. The number of nitro benzene ring substituents is 1. The molecule has 0 aliphatic carbocycles. The number of hydrogen-bond acceptors (Lipinski definition) is 9. The Morgan fingerprint density at radius 3 is 2.37 bits per heavy atom. The molecule has 0 saturated heterocycles. The van der Waals surface area contributed by atoms with Gasteiger partial charge in [0.15, 0.2) is 5.82 Å². The van der Waals surface area contributed by atoms with E-state index in [1.54, 1.807) is 23.6 Å². The quantitative estimate of drug-likeness (QED) is 0.0970. The molecule has 4 rings (SSSR count). The highest BCUT2D eigenvalue weighted by Crippen LogP contribution is 2.29. The summed E-state index contributed by atoms with van der Waals surface area (Å²) in [5.74, 6) is -0.123. The van der Waals surface area contributed by atoms with Gasteiger partial charge in [0.2, 0.25) is 10.2 Å². The lowest BCUT2D eigenvalue weighted by Gasteiger charge is -2.11. The Balaban J connectivity index is 1.75. The second kappa shape index (κ2) is 11.1. The molecule has 1 aromatic heterocycles. The smallest absolute Gasteiger partial charge is 0.365 e. The molecule has 0 aliphatic heterocycles. The van der Waals surface area contributed by atoms with Crippen LogP contribution in [0.25, 0.3) is 17.1 Å². The lowest BCUT2D eigenvalue weighted by atomic mass is 10.2. The highest BCUT2D eigenvalue weighted by atomic mass is 32.2. The fourth-order valence-electron chi connectivity index (χ4n) is 3.15. The summed E-state index contributed by atoms with van der Waals surface area (Å²) in [6.45, 7) is 1.81. The van der Waals surface area contributed by atoms with Crippen molar-refractivity contribution in [1.29, 1.82) is 0 Å². The molecule has 1 N–H and O–H groups in total. The SMILES string of the molecule is CCOC(=O)/C(=N/Nc1ccccc1[N+](=O)[O-])Sc1nnc(-c2ccccc2)n1-c1ccccc1. The fourth-order valence-corrected chi connectivity index (χ4v) is 3.92. The van der Waals surface area contributed by atoms with E-state index >= 15 is 0 Å². The van der Waals surface area contributed by atoms with Gasteiger partial charge in [-0.15, -0.1) is 10.2 Å². The molecule has 0 bridgehead atoms. The number of nitrogens with one attached hydrogen (secondary N) is 1. The van der Waals surface area contributed by atoms with E-state index in [9.17, 15) is 14.9 Å². The number of hydrazone groups is 1. The van der Waals surface area contributed by atoms with Gasteiger partial charge < -0.3 is 4.74 Å². The number of carbonyl (C=O) groups excluding carboxylic acids is 1. The summed E-state index contributed by atoms with van der Waals surface area (Å²) < 4.78 is 6.96. The van der Waals surface area contributed by atoms with E-state index in [-0.39, 0.29) is 23.0 Å². The molecule has 35 heavy (non-hydrogen) atoms. The van der Waals surface area contributed by atoms with E-state index in [0.717, 1.165) is 23.0 Å². The van der Waals surface area contributed by atoms with Gasteiger partial charge >= 0.3 is 5.97 Å². The Morgan fingerprint density at radius 1 is 1.03 bits per heavy atom. The molecule has 3 aromatic carbocycles. The van der Waals surface area contributed by atoms with Gasteiger partial charge in [0.25, 0.3) is 5.69 Å². The molecule has 10 nitrogen and oxygen atoms in total. The molecule has 0 aliphatic rings. The number of para-hydroxylation sites is 3. The van der Waals surface area contributed by atoms with Crippen molar-refractivity contribution in [3.05, 3.63) is 95.0 Å². The van der Waals surface area contributed by atoms with Gasteiger partial charge in [-0.2, -0.15) is 5.10 Å². The van der Waals surface area contributed by atoms with Crippen LogP contribution in [0.4, 0.5) is 11.4 Å². The van der Waals surface area contributed by atoms with Crippen LogP contribution in [0, 0.1) is 10.1 Å². The first kappa shape index (κ1) is 23.6. The van der Waals surface area contributed by atoms with Gasteiger partial charge in [-0.3, -0.25) is 20.1 Å². The van der Waals surface area contributed by atoms with Crippen molar-refractivity contribution < 1.29 is 14.5 Å². The number of benzene rings is 3. The molecule has 11 heteroatoms. The summed E-state index contributed by atoms with van der Waals surface area (Å²) in [5, 5.41) is 24.4. The molecule has 0 spiro atoms. The van der Waals surface area contributed by atoms with E-state index in [0.29, 0.717) is 11.0 Å². The fraction of sp³-hybridized carbons (Fsp3) is 0.0833. The molecule has 0 fully saturated rings. The number of anilines is 1. The van der Waals surface area contributed by atoms with Gasteiger partial charge in [0, 0.05) is 17.3 Å². The van der Waals surface area contributed by atoms with E-state index in [2.05, 4.69) is 20.7 Å². The van der Waals surface area contributed by atoms with Crippen LogP contribution in [0.3, 0.4) is 0 Å². The van der Waals surface area contributed by atoms with Crippen molar-refractivity contribution in [2.24, 2.45) is 5.10 Å². The van der Waals surface area contributed by atoms with Gasteiger partial charge in [0.1, 0.15) is 5.69 Å². The zero-order valence-corrected chi connectivity index (χ0v) is 19.4. The average Bonchev–Trinajstić information content (AvgIpc) is 3.31. The number of nitro groups is 1. The van der Waals surface area contributed by atoms with E-state index in [4.69, 9.17) is 4.74 Å². The largest absolute Gasteiger partial charge is 0.461 e. The van der Waals surface area contributed by atoms with Gasteiger partial charge in [0.05, 0.1) is 11.5 Å². The van der Waals surface area contributed by atoms with Crippen molar-refractivity contribution in [1.82, 2.24) is 14.8 Å². The third kappa shape index (κ3) is 5.53.